The highest BCUT2D eigenvalue weighted by molar-refractivity contribution is 6.43. The number of benzene rings is 2. The molecular weight excluding hydrogens is 406 g/mol. The monoisotopic (exact) mass is 428 g/mol. The number of hydrogen-bond donors (Lipinski definition) is 3. The van der Waals surface area contributed by atoms with Crippen LogP contribution >= 0.6 is 0 Å². The van der Waals surface area contributed by atoms with Crippen LogP contribution in [0.15, 0.2) is 42.5 Å². The molecule has 0 aromatic heterocycles. The molecule has 2 aromatic rings. The molecule has 8 heteroatoms. The summed E-state index contributed by atoms with van der Waals surface area (Å²) in [6.07, 6.45) is -0.163. The summed E-state index contributed by atoms with van der Waals surface area (Å²) in [5.41, 5.74) is 1.33. The third-order valence-corrected chi connectivity index (χ3v) is 4.47. The molecule has 2 rings (SSSR count). The lowest BCUT2D eigenvalue weighted by atomic mass is 9.96. The van der Waals surface area contributed by atoms with Gasteiger partial charge in [-0.15, -0.1) is 5.92 Å². The first-order chi connectivity index (χ1) is 14.5. The first kappa shape index (κ1) is 23.5. The third-order valence-electron chi connectivity index (χ3n) is 4.47. The summed E-state index contributed by atoms with van der Waals surface area (Å²) in [7, 11) is 0. The predicted molar refractivity (Wildman–Crippen MR) is 113 cm³/mol. The zero-order valence-electron chi connectivity index (χ0n) is 17.3. The standard InChI is InChI=1S/C23H22F2N2O4/c1-4-5-16(12-20(28)29)15-7-10-18(11-8-15)26-21(30)22(31)27-19-13-17(23(3,24)25)9-6-14(19)2/h6-11,13,16H,12H2,1-3H3,(H,26,30)(H,27,31)(H,28,29)/t16-/m0/s1. The SMILES string of the molecule is CC#C[C@@H](CC(=O)O)c1ccc(NC(=O)C(=O)Nc2cc(C(C)(F)F)ccc2C)cc1. The minimum absolute atomic E-state index is 0.115. The predicted octanol–water partition coefficient (Wildman–Crippen LogP) is 4.27. The van der Waals surface area contributed by atoms with Crippen LogP contribution in [0.3, 0.4) is 0 Å². The zero-order valence-corrected chi connectivity index (χ0v) is 17.3. The van der Waals surface area contributed by atoms with Gasteiger partial charge < -0.3 is 15.7 Å². The van der Waals surface area contributed by atoms with Crippen LogP contribution < -0.4 is 10.6 Å². The van der Waals surface area contributed by atoms with E-state index in [4.69, 9.17) is 5.11 Å². The van der Waals surface area contributed by atoms with Crippen molar-refractivity contribution in [3.63, 3.8) is 0 Å². The van der Waals surface area contributed by atoms with Gasteiger partial charge in [-0.05, 0) is 43.2 Å². The number of rotatable bonds is 6. The van der Waals surface area contributed by atoms with Gasteiger partial charge in [0.05, 0.1) is 12.3 Å². The summed E-state index contributed by atoms with van der Waals surface area (Å²) in [6, 6.07) is 10.1. The highest BCUT2D eigenvalue weighted by Crippen LogP contribution is 2.30. The number of alkyl halides is 2. The molecule has 3 N–H and O–H groups in total. The second-order valence-corrected chi connectivity index (χ2v) is 6.99. The number of nitrogens with one attached hydrogen (secondary N) is 2. The van der Waals surface area contributed by atoms with Crippen LogP contribution in [0.25, 0.3) is 0 Å². The van der Waals surface area contributed by atoms with Crippen molar-refractivity contribution in [3.8, 4) is 11.8 Å². The molecular formula is C23H22F2N2O4. The molecule has 0 aliphatic rings. The fraction of sp³-hybridized carbons (Fsp3) is 0.261. The Bertz CT molecular complexity index is 1050. The van der Waals surface area contributed by atoms with Gasteiger partial charge in [0, 0.05) is 23.9 Å². The van der Waals surface area contributed by atoms with E-state index in [1.54, 1.807) is 26.0 Å². The topological polar surface area (TPSA) is 95.5 Å². The molecule has 0 unspecified atom stereocenters. The molecule has 0 fully saturated rings. The number of carbonyl (C=O) groups excluding carboxylic acids is 2. The van der Waals surface area contributed by atoms with Gasteiger partial charge in [-0.1, -0.05) is 30.2 Å². The molecule has 0 spiro atoms. The van der Waals surface area contributed by atoms with Gasteiger partial charge in [0.2, 0.25) is 0 Å². The summed E-state index contributed by atoms with van der Waals surface area (Å²) in [4.78, 5) is 35.4. The van der Waals surface area contributed by atoms with E-state index in [0.717, 1.165) is 13.0 Å². The Balaban J connectivity index is 2.09. The van der Waals surface area contributed by atoms with Gasteiger partial charge in [-0.2, -0.15) is 0 Å². The maximum atomic E-state index is 13.5. The lowest BCUT2D eigenvalue weighted by molar-refractivity contribution is -0.137. The zero-order chi connectivity index (χ0) is 23.2. The van der Waals surface area contributed by atoms with E-state index in [9.17, 15) is 23.2 Å². The Morgan fingerprint density at radius 1 is 1.06 bits per heavy atom. The molecule has 0 bridgehead atoms. The average Bonchev–Trinajstić information content (AvgIpc) is 2.68. The maximum absolute atomic E-state index is 13.5. The van der Waals surface area contributed by atoms with Crippen molar-refractivity contribution in [1.29, 1.82) is 0 Å². The van der Waals surface area contributed by atoms with Crippen molar-refractivity contribution < 1.29 is 28.3 Å². The summed E-state index contributed by atoms with van der Waals surface area (Å²) in [6.45, 7) is 3.98. The molecule has 31 heavy (non-hydrogen) atoms. The number of halogens is 2. The molecule has 0 saturated heterocycles. The lowest BCUT2D eigenvalue weighted by Crippen LogP contribution is -2.29. The Morgan fingerprint density at radius 2 is 1.68 bits per heavy atom. The normalized spacial score (nSPS) is 11.6. The fourth-order valence-electron chi connectivity index (χ4n) is 2.80. The summed E-state index contributed by atoms with van der Waals surface area (Å²) in [5, 5.41) is 13.8. The minimum Gasteiger partial charge on any atom is -0.481 e. The van der Waals surface area contributed by atoms with Crippen LogP contribution in [0.4, 0.5) is 20.2 Å². The molecule has 1 atom stereocenters. The first-order valence-electron chi connectivity index (χ1n) is 9.36. The molecule has 0 aliphatic carbocycles. The fourth-order valence-corrected chi connectivity index (χ4v) is 2.80. The number of carbonyl (C=O) groups is 3. The Morgan fingerprint density at radius 3 is 2.23 bits per heavy atom. The van der Waals surface area contributed by atoms with Crippen molar-refractivity contribution in [2.75, 3.05) is 10.6 Å². The van der Waals surface area contributed by atoms with Gasteiger partial charge in [0.15, 0.2) is 0 Å². The van der Waals surface area contributed by atoms with Crippen molar-refractivity contribution in [2.45, 2.75) is 39.0 Å². The van der Waals surface area contributed by atoms with Crippen molar-refractivity contribution in [3.05, 3.63) is 59.2 Å². The van der Waals surface area contributed by atoms with Gasteiger partial charge in [-0.25, -0.2) is 8.78 Å². The lowest BCUT2D eigenvalue weighted by Gasteiger charge is -2.15. The number of anilines is 2. The molecule has 162 valence electrons. The highest BCUT2D eigenvalue weighted by Gasteiger charge is 2.25. The van der Waals surface area contributed by atoms with E-state index in [-0.39, 0.29) is 17.7 Å². The van der Waals surface area contributed by atoms with Crippen LogP contribution in [0.1, 0.15) is 42.9 Å². The smallest absolute Gasteiger partial charge is 0.314 e. The number of carboxylic acid groups (broad SMARTS) is 1. The average molecular weight is 428 g/mol. The van der Waals surface area contributed by atoms with Crippen molar-refractivity contribution >= 4 is 29.2 Å². The van der Waals surface area contributed by atoms with E-state index in [2.05, 4.69) is 22.5 Å². The number of hydrogen-bond acceptors (Lipinski definition) is 3. The number of carboxylic acids is 1. The quantitative estimate of drug-likeness (QED) is 0.473. The Hall–Kier alpha value is -3.73. The molecule has 0 radical (unpaired) electrons. The molecule has 0 saturated carbocycles. The van der Waals surface area contributed by atoms with Crippen LogP contribution in [-0.4, -0.2) is 22.9 Å². The van der Waals surface area contributed by atoms with Crippen molar-refractivity contribution in [1.82, 2.24) is 0 Å². The van der Waals surface area contributed by atoms with E-state index < -0.39 is 29.6 Å². The van der Waals surface area contributed by atoms with E-state index in [1.807, 2.05) is 0 Å². The maximum Gasteiger partial charge on any atom is 0.314 e. The number of aliphatic carboxylic acids is 1. The Kier molecular flexibility index (Phi) is 7.48. The first-order valence-corrected chi connectivity index (χ1v) is 9.36. The molecule has 2 amide bonds. The highest BCUT2D eigenvalue weighted by atomic mass is 19.3. The third kappa shape index (κ3) is 6.64. The van der Waals surface area contributed by atoms with Crippen LogP contribution in [0.2, 0.25) is 0 Å². The summed E-state index contributed by atoms with van der Waals surface area (Å²) < 4.78 is 27.0. The van der Waals surface area contributed by atoms with Gasteiger partial charge in [0.1, 0.15) is 0 Å². The summed E-state index contributed by atoms with van der Waals surface area (Å²) >= 11 is 0. The Labute approximate surface area is 178 Å². The summed E-state index contributed by atoms with van der Waals surface area (Å²) in [5.74, 6) is -1.04. The molecule has 0 heterocycles. The second kappa shape index (κ2) is 9.85. The van der Waals surface area contributed by atoms with Crippen molar-refractivity contribution in [2.24, 2.45) is 0 Å². The van der Waals surface area contributed by atoms with E-state index in [1.165, 1.54) is 24.3 Å². The molecule has 6 nitrogen and oxygen atoms in total. The second-order valence-electron chi connectivity index (χ2n) is 6.99. The van der Waals surface area contributed by atoms with E-state index >= 15 is 0 Å². The number of aryl methyl sites for hydroxylation is 1. The van der Waals surface area contributed by atoms with Gasteiger partial charge in [0.25, 0.3) is 5.92 Å². The minimum atomic E-state index is -3.09. The van der Waals surface area contributed by atoms with Gasteiger partial charge >= 0.3 is 17.8 Å². The largest absolute Gasteiger partial charge is 0.481 e. The van der Waals surface area contributed by atoms with E-state index in [0.29, 0.717) is 16.8 Å². The van der Waals surface area contributed by atoms with Crippen LogP contribution in [-0.2, 0) is 20.3 Å². The van der Waals surface area contributed by atoms with Crippen LogP contribution in [0, 0.1) is 18.8 Å². The van der Waals surface area contributed by atoms with Gasteiger partial charge in [-0.3, -0.25) is 14.4 Å². The molecule has 2 aromatic carbocycles. The molecule has 0 aliphatic heterocycles. The number of amides is 2. The van der Waals surface area contributed by atoms with Crippen LogP contribution in [0.5, 0.6) is 0 Å².